The van der Waals surface area contributed by atoms with Crippen molar-refractivity contribution in [1.29, 1.82) is 5.26 Å². The van der Waals surface area contributed by atoms with Gasteiger partial charge >= 0.3 is 0 Å². The molecule has 3 aromatic rings. The molecular formula is C27H25N3O6. The van der Waals surface area contributed by atoms with Crippen LogP contribution in [0.1, 0.15) is 5.56 Å². The lowest BCUT2D eigenvalue weighted by atomic mass is 10.1. The van der Waals surface area contributed by atoms with Crippen LogP contribution in [-0.4, -0.2) is 39.8 Å². The number of nitrogens with one attached hydrogen (secondary N) is 2. The standard InChI is InChI=1S/C27H25N3O6/c1-33-22-10-6-4-8-20(22)29-26(31)17-36-24-13-12-18(15-25(24)35-3)14-19(16-28)27(32)30-21-9-5-7-11-23(21)34-2/h4-15H,17H2,1-3H3,(H,29,31)(H,30,32)/b19-14-. The van der Waals surface area contributed by atoms with E-state index in [1.807, 2.05) is 6.07 Å². The maximum absolute atomic E-state index is 12.6. The SMILES string of the molecule is COc1ccccc1NC(=O)COc1ccc(/C=C(/C#N)C(=O)Nc2ccccc2OC)cc1OC. The molecule has 0 heterocycles. The third kappa shape index (κ3) is 6.55. The zero-order valence-corrected chi connectivity index (χ0v) is 20.0. The number of carbonyl (C=O) groups is 2. The molecule has 0 aliphatic carbocycles. The van der Waals surface area contributed by atoms with E-state index in [4.69, 9.17) is 18.9 Å². The second-order valence-corrected chi connectivity index (χ2v) is 7.27. The number of para-hydroxylation sites is 4. The molecule has 0 bridgehead atoms. The molecule has 9 nitrogen and oxygen atoms in total. The smallest absolute Gasteiger partial charge is 0.266 e. The molecule has 9 heteroatoms. The highest BCUT2D eigenvalue weighted by Gasteiger charge is 2.14. The molecular weight excluding hydrogens is 462 g/mol. The van der Waals surface area contributed by atoms with E-state index in [-0.39, 0.29) is 18.1 Å². The summed E-state index contributed by atoms with van der Waals surface area (Å²) in [5.41, 5.74) is 1.38. The zero-order valence-electron chi connectivity index (χ0n) is 20.0. The van der Waals surface area contributed by atoms with Gasteiger partial charge in [0.25, 0.3) is 11.8 Å². The van der Waals surface area contributed by atoms with Crippen molar-refractivity contribution in [2.75, 3.05) is 38.6 Å². The third-order valence-corrected chi connectivity index (χ3v) is 4.96. The van der Waals surface area contributed by atoms with Gasteiger partial charge in [0.05, 0.1) is 32.7 Å². The first-order chi connectivity index (χ1) is 17.5. The molecule has 184 valence electrons. The highest BCUT2D eigenvalue weighted by molar-refractivity contribution is 6.10. The number of nitrogens with zero attached hydrogens (tertiary/aromatic N) is 1. The molecule has 0 spiro atoms. The number of methoxy groups -OCH3 is 3. The Bertz CT molecular complexity index is 1310. The molecule has 0 aliphatic rings. The molecule has 0 aliphatic heterocycles. The Morgan fingerprint density at radius 2 is 1.39 bits per heavy atom. The van der Waals surface area contributed by atoms with Gasteiger partial charge in [0.1, 0.15) is 23.1 Å². The molecule has 0 saturated carbocycles. The normalized spacial score (nSPS) is 10.6. The summed E-state index contributed by atoms with van der Waals surface area (Å²) in [4.78, 5) is 25.0. The lowest BCUT2D eigenvalue weighted by molar-refractivity contribution is -0.118. The summed E-state index contributed by atoms with van der Waals surface area (Å²) in [5.74, 6) is 0.682. The van der Waals surface area contributed by atoms with E-state index < -0.39 is 5.91 Å². The number of benzene rings is 3. The average Bonchev–Trinajstić information content (AvgIpc) is 2.91. The van der Waals surface area contributed by atoms with Gasteiger partial charge in [-0.05, 0) is 48.0 Å². The largest absolute Gasteiger partial charge is 0.495 e. The van der Waals surface area contributed by atoms with Crippen LogP contribution in [0.25, 0.3) is 6.08 Å². The first kappa shape index (κ1) is 25.6. The Balaban J connectivity index is 1.70. The van der Waals surface area contributed by atoms with E-state index in [0.717, 1.165) is 0 Å². The second-order valence-electron chi connectivity index (χ2n) is 7.27. The van der Waals surface area contributed by atoms with Crippen LogP contribution in [0.2, 0.25) is 0 Å². The number of carbonyl (C=O) groups excluding carboxylic acids is 2. The van der Waals surface area contributed by atoms with Crippen LogP contribution in [0.5, 0.6) is 23.0 Å². The quantitative estimate of drug-likeness (QED) is 0.324. The van der Waals surface area contributed by atoms with Gasteiger partial charge in [-0.3, -0.25) is 9.59 Å². The fourth-order valence-corrected chi connectivity index (χ4v) is 3.22. The van der Waals surface area contributed by atoms with Gasteiger partial charge in [0.15, 0.2) is 18.1 Å². The summed E-state index contributed by atoms with van der Waals surface area (Å²) in [6.07, 6.45) is 1.42. The van der Waals surface area contributed by atoms with Gasteiger partial charge in [0, 0.05) is 0 Å². The van der Waals surface area contributed by atoms with E-state index >= 15 is 0 Å². The molecule has 0 fully saturated rings. The van der Waals surface area contributed by atoms with Crippen LogP contribution in [-0.2, 0) is 9.59 Å². The lowest BCUT2D eigenvalue weighted by Gasteiger charge is -2.13. The monoisotopic (exact) mass is 487 g/mol. The predicted octanol–water partition coefficient (Wildman–Crippen LogP) is 4.28. The fraction of sp³-hybridized carbons (Fsp3) is 0.148. The van der Waals surface area contributed by atoms with Gasteiger partial charge in [-0.1, -0.05) is 30.3 Å². The summed E-state index contributed by atoms with van der Waals surface area (Å²) in [5, 5.41) is 14.9. The zero-order chi connectivity index (χ0) is 25.9. The summed E-state index contributed by atoms with van der Waals surface area (Å²) in [6, 6.07) is 20.7. The maximum atomic E-state index is 12.6. The number of ether oxygens (including phenoxy) is 4. The highest BCUT2D eigenvalue weighted by atomic mass is 16.5. The minimum atomic E-state index is -0.589. The van der Waals surface area contributed by atoms with Crippen molar-refractivity contribution in [3.05, 3.63) is 77.9 Å². The van der Waals surface area contributed by atoms with Gasteiger partial charge in [-0.15, -0.1) is 0 Å². The molecule has 36 heavy (non-hydrogen) atoms. The van der Waals surface area contributed by atoms with Crippen molar-refractivity contribution < 1.29 is 28.5 Å². The number of amides is 2. The summed E-state index contributed by atoms with van der Waals surface area (Å²) in [7, 11) is 4.45. The highest BCUT2D eigenvalue weighted by Crippen LogP contribution is 2.30. The molecule has 0 saturated heterocycles. The Morgan fingerprint density at radius 3 is 1.97 bits per heavy atom. The number of rotatable bonds is 10. The van der Waals surface area contributed by atoms with Crippen molar-refractivity contribution in [2.45, 2.75) is 0 Å². The van der Waals surface area contributed by atoms with Crippen LogP contribution < -0.4 is 29.6 Å². The topological polar surface area (TPSA) is 119 Å². The van der Waals surface area contributed by atoms with Crippen molar-refractivity contribution in [3.8, 4) is 29.1 Å². The van der Waals surface area contributed by atoms with Crippen LogP contribution in [0.3, 0.4) is 0 Å². The first-order valence-corrected chi connectivity index (χ1v) is 10.8. The van der Waals surface area contributed by atoms with E-state index in [1.165, 1.54) is 27.4 Å². The molecule has 0 radical (unpaired) electrons. The molecule has 2 N–H and O–H groups in total. The molecule has 3 aromatic carbocycles. The summed E-state index contributed by atoms with van der Waals surface area (Å²) < 4.78 is 21.4. The van der Waals surface area contributed by atoms with Gasteiger partial charge in [-0.2, -0.15) is 5.26 Å². The van der Waals surface area contributed by atoms with Crippen LogP contribution in [0.4, 0.5) is 11.4 Å². The van der Waals surface area contributed by atoms with Crippen LogP contribution in [0, 0.1) is 11.3 Å². The molecule has 2 amide bonds. The first-order valence-electron chi connectivity index (χ1n) is 10.8. The number of hydrogen-bond donors (Lipinski definition) is 2. The Kier molecular flexibility index (Phi) is 8.89. The molecule has 0 atom stereocenters. The minimum absolute atomic E-state index is 0.118. The maximum Gasteiger partial charge on any atom is 0.266 e. The lowest BCUT2D eigenvalue weighted by Crippen LogP contribution is -2.20. The van der Waals surface area contributed by atoms with Gasteiger partial charge in [0.2, 0.25) is 0 Å². The van der Waals surface area contributed by atoms with E-state index in [1.54, 1.807) is 66.7 Å². The second kappa shape index (κ2) is 12.5. The van der Waals surface area contributed by atoms with E-state index in [2.05, 4.69) is 10.6 Å². The average molecular weight is 488 g/mol. The predicted molar refractivity (Wildman–Crippen MR) is 135 cm³/mol. The van der Waals surface area contributed by atoms with E-state index in [9.17, 15) is 14.9 Å². The summed E-state index contributed by atoms with van der Waals surface area (Å²) in [6.45, 7) is -0.269. The van der Waals surface area contributed by atoms with Crippen molar-refractivity contribution >= 4 is 29.3 Å². The van der Waals surface area contributed by atoms with Crippen LogP contribution >= 0.6 is 0 Å². The Morgan fingerprint density at radius 1 is 0.806 bits per heavy atom. The fourth-order valence-electron chi connectivity index (χ4n) is 3.22. The van der Waals surface area contributed by atoms with Gasteiger partial charge < -0.3 is 29.6 Å². The number of nitriles is 1. The molecule has 0 aromatic heterocycles. The van der Waals surface area contributed by atoms with Crippen molar-refractivity contribution in [3.63, 3.8) is 0 Å². The van der Waals surface area contributed by atoms with Crippen molar-refractivity contribution in [2.24, 2.45) is 0 Å². The minimum Gasteiger partial charge on any atom is -0.495 e. The Labute approximate surface area is 208 Å². The van der Waals surface area contributed by atoms with Crippen LogP contribution in [0.15, 0.2) is 72.3 Å². The molecule has 3 rings (SSSR count). The number of anilines is 2. The van der Waals surface area contributed by atoms with E-state index in [0.29, 0.717) is 39.9 Å². The Hall–Kier alpha value is -4.97. The van der Waals surface area contributed by atoms with Crippen molar-refractivity contribution in [1.82, 2.24) is 0 Å². The number of hydrogen-bond acceptors (Lipinski definition) is 7. The molecule has 0 unspecified atom stereocenters. The van der Waals surface area contributed by atoms with Gasteiger partial charge in [-0.25, -0.2) is 0 Å². The summed E-state index contributed by atoms with van der Waals surface area (Å²) >= 11 is 0. The third-order valence-electron chi connectivity index (χ3n) is 4.96.